The number of piperidine rings is 1. The van der Waals surface area contributed by atoms with E-state index in [2.05, 4.69) is 36.4 Å². The van der Waals surface area contributed by atoms with E-state index in [0.29, 0.717) is 0 Å². The van der Waals surface area contributed by atoms with Crippen LogP contribution in [0.5, 0.6) is 0 Å². The number of nitrogens with one attached hydrogen (secondary N) is 1. The standard InChI is InChI=1S/C15H25N3S.2ClH/c1-15(2,3)13-10-19-14(17-13)9-18-7-5-12-11(8-18)4-6-16-12;;/h10-12,16H,4-9H2,1-3H3;2*1H. The lowest BCUT2D eigenvalue weighted by Gasteiger charge is -2.34. The molecule has 0 aromatic carbocycles. The van der Waals surface area contributed by atoms with Crippen LogP contribution in [0.3, 0.4) is 0 Å². The summed E-state index contributed by atoms with van der Waals surface area (Å²) < 4.78 is 0. The summed E-state index contributed by atoms with van der Waals surface area (Å²) in [5.41, 5.74) is 1.42. The van der Waals surface area contributed by atoms with Crippen molar-refractivity contribution in [1.82, 2.24) is 15.2 Å². The monoisotopic (exact) mass is 351 g/mol. The Labute approximate surface area is 144 Å². The number of halogens is 2. The van der Waals surface area contributed by atoms with E-state index < -0.39 is 0 Å². The number of rotatable bonds is 2. The second-order valence-electron chi connectivity index (χ2n) is 7.01. The first-order valence-corrected chi connectivity index (χ1v) is 8.31. The normalized spacial score (nSPS) is 25.9. The lowest BCUT2D eigenvalue weighted by atomic mass is 9.93. The second-order valence-corrected chi connectivity index (χ2v) is 7.95. The van der Waals surface area contributed by atoms with Crippen molar-refractivity contribution in [3.05, 3.63) is 16.1 Å². The third kappa shape index (κ3) is 4.55. The van der Waals surface area contributed by atoms with Crippen molar-refractivity contribution in [2.45, 2.75) is 51.6 Å². The van der Waals surface area contributed by atoms with E-state index in [1.807, 2.05) is 11.3 Å². The van der Waals surface area contributed by atoms with Gasteiger partial charge in [0.1, 0.15) is 5.01 Å². The molecule has 1 N–H and O–H groups in total. The zero-order valence-corrected chi connectivity index (χ0v) is 15.5. The van der Waals surface area contributed by atoms with Gasteiger partial charge in [0.25, 0.3) is 0 Å². The van der Waals surface area contributed by atoms with E-state index >= 15 is 0 Å². The van der Waals surface area contributed by atoms with Crippen LogP contribution >= 0.6 is 36.2 Å². The first-order chi connectivity index (χ1) is 9.02. The molecular weight excluding hydrogens is 325 g/mol. The predicted molar refractivity (Wildman–Crippen MR) is 95.1 cm³/mol. The smallest absolute Gasteiger partial charge is 0.107 e. The molecule has 0 bridgehead atoms. The molecule has 3 rings (SSSR count). The van der Waals surface area contributed by atoms with Gasteiger partial charge in [0.2, 0.25) is 0 Å². The Bertz CT molecular complexity index is 444. The van der Waals surface area contributed by atoms with Crippen LogP contribution in [0.1, 0.15) is 44.3 Å². The highest BCUT2D eigenvalue weighted by Gasteiger charge is 2.32. The highest BCUT2D eigenvalue weighted by atomic mass is 35.5. The summed E-state index contributed by atoms with van der Waals surface area (Å²) in [5.74, 6) is 0.871. The molecule has 2 unspecified atom stereocenters. The minimum Gasteiger partial charge on any atom is -0.314 e. The summed E-state index contributed by atoms with van der Waals surface area (Å²) in [6.45, 7) is 11.4. The Kier molecular flexibility index (Phi) is 6.94. The third-order valence-corrected chi connectivity index (χ3v) is 5.25. The quantitative estimate of drug-likeness (QED) is 0.883. The number of hydrogen-bond acceptors (Lipinski definition) is 4. The summed E-state index contributed by atoms with van der Waals surface area (Å²) in [5, 5.41) is 7.15. The van der Waals surface area contributed by atoms with Crippen molar-refractivity contribution in [3.63, 3.8) is 0 Å². The van der Waals surface area contributed by atoms with E-state index in [-0.39, 0.29) is 30.2 Å². The molecule has 0 saturated carbocycles. The van der Waals surface area contributed by atoms with Gasteiger partial charge >= 0.3 is 0 Å². The Morgan fingerprint density at radius 3 is 2.76 bits per heavy atom. The molecule has 0 radical (unpaired) electrons. The highest BCUT2D eigenvalue weighted by molar-refractivity contribution is 7.09. The fourth-order valence-corrected chi connectivity index (χ4v) is 4.25. The summed E-state index contributed by atoms with van der Waals surface area (Å²) in [7, 11) is 0. The van der Waals surface area contributed by atoms with Crippen molar-refractivity contribution < 1.29 is 0 Å². The number of fused-ring (bicyclic) bond motifs is 1. The van der Waals surface area contributed by atoms with Crippen LogP contribution in [0.4, 0.5) is 0 Å². The third-order valence-electron chi connectivity index (χ3n) is 4.42. The van der Waals surface area contributed by atoms with Gasteiger partial charge in [0.15, 0.2) is 0 Å². The number of likely N-dealkylation sites (tertiary alicyclic amines) is 1. The summed E-state index contributed by atoms with van der Waals surface area (Å²) >= 11 is 1.83. The maximum Gasteiger partial charge on any atom is 0.107 e. The molecule has 2 aliphatic heterocycles. The van der Waals surface area contributed by atoms with E-state index in [4.69, 9.17) is 4.98 Å². The van der Waals surface area contributed by atoms with Crippen LogP contribution in [0.25, 0.3) is 0 Å². The lowest BCUT2D eigenvalue weighted by molar-refractivity contribution is 0.155. The Morgan fingerprint density at radius 1 is 1.33 bits per heavy atom. The molecule has 2 fully saturated rings. The molecule has 122 valence electrons. The van der Waals surface area contributed by atoms with Crippen LogP contribution in [0.15, 0.2) is 5.38 Å². The molecule has 0 spiro atoms. The number of nitrogens with zero attached hydrogens (tertiary/aromatic N) is 2. The van der Waals surface area contributed by atoms with Gasteiger partial charge < -0.3 is 5.32 Å². The van der Waals surface area contributed by atoms with Crippen molar-refractivity contribution in [1.29, 1.82) is 0 Å². The zero-order chi connectivity index (χ0) is 13.5. The minimum atomic E-state index is 0. The van der Waals surface area contributed by atoms with E-state index in [0.717, 1.165) is 18.5 Å². The molecule has 2 saturated heterocycles. The topological polar surface area (TPSA) is 28.2 Å². The van der Waals surface area contributed by atoms with Crippen molar-refractivity contribution in [2.75, 3.05) is 19.6 Å². The SMILES string of the molecule is CC(C)(C)c1csc(CN2CCC3NCCC3C2)n1.Cl.Cl. The maximum atomic E-state index is 4.82. The molecule has 0 amide bonds. The molecule has 2 aliphatic rings. The van der Waals surface area contributed by atoms with Crippen LogP contribution < -0.4 is 5.32 Å². The van der Waals surface area contributed by atoms with Crippen molar-refractivity contribution in [3.8, 4) is 0 Å². The first kappa shape index (κ1) is 19.2. The summed E-state index contributed by atoms with van der Waals surface area (Å²) in [4.78, 5) is 7.42. The fraction of sp³-hybridized carbons (Fsp3) is 0.800. The molecular formula is C15H27Cl2N3S. The number of hydrogen-bond donors (Lipinski definition) is 1. The van der Waals surface area contributed by atoms with Crippen molar-refractivity contribution >= 4 is 36.2 Å². The first-order valence-electron chi connectivity index (χ1n) is 7.43. The molecule has 1 aromatic rings. The van der Waals surface area contributed by atoms with Gasteiger partial charge in [0.05, 0.1) is 12.2 Å². The molecule has 21 heavy (non-hydrogen) atoms. The molecule has 1 aromatic heterocycles. The van der Waals surface area contributed by atoms with E-state index in [1.54, 1.807) is 0 Å². The van der Waals surface area contributed by atoms with Gasteiger partial charge in [-0.25, -0.2) is 4.98 Å². The van der Waals surface area contributed by atoms with Gasteiger partial charge in [-0.15, -0.1) is 36.2 Å². The maximum absolute atomic E-state index is 4.82. The minimum absolute atomic E-state index is 0. The summed E-state index contributed by atoms with van der Waals surface area (Å²) in [6, 6.07) is 0.790. The fourth-order valence-electron chi connectivity index (χ4n) is 3.19. The Balaban J connectivity index is 0.00000110. The Morgan fingerprint density at radius 2 is 2.10 bits per heavy atom. The van der Waals surface area contributed by atoms with E-state index in [9.17, 15) is 0 Å². The van der Waals surface area contributed by atoms with Crippen molar-refractivity contribution in [2.24, 2.45) is 5.92 Å². The summed E-state index contributed by atoms with van der Waals surface area (Å²) in [6.07, 6.45) is 2.66. The molecule has 6 heteroatoms. The van der Waals surface area contributed by atoms with Gasteiger partial charge in [0, 0.05) is 29.9 Å². The predicted octanol–water partition coefficient (Wildman–Crippen LogP) is 3.47. The van der Waals surface area contributed by atoms with Crippen LogP contribution in [0, 0.1) is 5.92 Å². The largest absolute Gasteiger partial charge is 0.314 e. The lowest BCUT2D eigenvalue weighted by Crippen LogP contribution is -2.43. The van der Waals surface area contributed by atoms with Crippen LogP contribution in [-0.2, 0) is 12.0 Å². The molecule has 0 aliphatic carbocycles. The number of thiazole rings is 1. The molecule has 3 heterocycles. The average Bonchev–Trinajstić information content (AvgIpc) is 2.95. The number of aromatic nitrogens is 1. The van der Waals surface area contributed by atoms with Gasteiger partial charge in [-0.3, -0.25) is 4.90 Å². The Hall–Kier alpha value is 0.130. The van der Waals surface area contributed by atoms with Gasteiger partial charge in [-0.2, -0.15) is 0 Å². The van der Waals surface area contributed by atoms with Gasteiger partial charge in [-0.05, 0) is 25.3 Å². The van der Waals surface area contributed by atoms with E-state index in [1.165, 1.54) is 43.2 Å². The molecule has 3 nitrogen and oxygen atoms in total. The van der Waals surface area contributed by atoms with Gasteiger partial charge in [-0.1, -0.05) is 20.8 Å². The van der Waals surface area contributed by atoms with Crippen LogP contribution in [0.2, 0.25) is 0 Å². The zero-order valence-electron chi connectivity index (χ0n) is 13.1. The highest BCUT2D eigenvalue weighted by Crippen LogP contribution is 2.28. The average molecular weight is 352 g/mol. The molecule has 2 atom stereocenters. The van der Waals surface area contributed by atoms with Crippen LogP contribution in [-0.4, -0.2) is 35.6 Å². The second kappa shape index (κ2) is 7.60.